The molecule has 0 saturated heterocycles. The van der Waals surface area contributed by atoms with Gasteiger partial charge in [-0.25, -0.2) is 13.1 Å². The third-order valence-electron chi connectivity index (χ3n) is 3.75. The standard InChI is InChI=1S/C17H29N3O3S/c1-3-14(2)20-24(22,23)16-10-8-9-15(13-16)19-17(21)11-6-4-5-7-12-18/h8-10,13-14,20H,3-7,11-12,18H2,1-2H3,(H,19,21). The van der Waals surface area contributed by atoms with Gasteiger partial charge in [0.25, 0.3) is 0 Å². The monoisotopic (exact) mass is 355 g/mol. The number of nitrogens with one attached hydrogen (secondary N) is 2. The predicted octanol–water partition coefficient (Wildman–Crippen LogP) is 2.61. The molecule has 136 valence electrons. The highest BCUT2D eigenvalue weighted by Gasteiger charge is 2.17. The molecule has 0 aromatic heterocycles. The van der Waals surface area contributed by atoms with E-state index in [1.165, 1.54) is 12.1 Å². The van der Waals surface area contributed by atoms with Crippen LogP contribution in [0.15, 0.2) is 29.2 Å². The van der Waals surface area contributed by atoms with E-state index in [9.17, 15) is 13.2 Å². The molecule has 0 radical (unpaired) electrons. The van der Waals surface area contributed by atoms with Crippen LogP contribution in [0.3, 0.4) is 0 Å². The van der Waals surface area contributed by atoms with Gasteiger partial charge in [0.2, 0.25) is 15.9 Å². The number of unbranched alkanes of at least 4 members (excludes halogenated alkanes) is 3. The lowest BCUT2D eigenvalue weighted by molar-refractivity contribution is -0.116. The largest absolute Gasteiger partial charge is 0.330 e. The zero-order valence-electron chi connectivity index (χ0n) is 14.5. The summed E-state index contributed by atoms with van der Waals surface area (Å²) < 4.78 is 27.2. The molecule has 0 aliphatic rings. The molecule has 4 N–H and O–H groups in total. The van der Waals surface area contributed by atoms with Gasteiger partial charge >= 0.3 is 0 Å². The first-order valence-electron chi connectivity index (χ1n) is 8.51. The fourth-order valence-electron chi connectivity index (χ4n) is 2.16. The number of carbonyl (C=O) groups is 1. The Hall–Kier alpha value is -1.44. The summed E-state index contributed by atoms with van der Waals surface area (Å²) in [6.45, 7) is 4.41. The van der Waals surface area contributed by atoms with Gasteiger partial charge in [-0.15, -0.1) is 0 Å². The highest BCUT2D eigenvalue weighted by Crippen LogP contribution is 2.16. The fraction of sp³-hybridized carbons (Fsp3) is 0.588. The Labute approximate surface area is 145 Å². The molecule has 0 heterocycles. The van der Waals surface area contributed by atoms with E-state index in [4.69, 9.17) is 5.73 Å². The van der Waals surface area contributed by atoms with Gasteiger partial charge < -0.3 is 11.1 Å². The van der Waals surface area contributed by atoms with Crippen LogP contribution in [-0.4, -0.2) is 26.9 Å². The molecule has 0 saturated carbocycles. The van der Waals surface area contributed by atoms with E-state index in [0.29, 0.717) is 25.1 Å². The zero-order chi connectivity index (χ0) is 18.0. The maximum atomic E-state index is 12.3. The van der Waals surface area contributed by atoms with Crippen molar-refractivity contribution < 1.29 is 13.2 Å². The SMILES string of the molecule is CCC(C)NS(=O)(=O)c1cccc(NC(=O)CCCCCCN)c1. The Morgan fingerprint density at radius 2 is 1.92 bits per heavy atom. The molecule has 0 bridgehead atoms. The lowest BCUT2D eigenvalue weighted by Gasteiger charge is -2.13. The molecule has 1 amide bonds. The molecule has 1 rings (SSSR count). The van der Waals surface area contributed by atoms with E-state index < -0.39 is 10.0 Å². The van der Waals surface area contributed by atoms with E-state index >= 15 is 0 Å². The molecular formula is C17H29N3O3S. The molecule has 1 atom stereocenters. The Morgan fingerprint density at radius 3 is 2.58 bits per heavy atom. The molecule has 24 heavy (non-hydrogen) atoms. The third-order valence-corrected chi connectivity index (χ3v) is 5.34. The van der Waals surface area contributed by atoms with Gasteiger partial charge in [-0.1, -0.05) is 25.8 Å². The fourth-order valence-corrected chi connectivity index (χ4v) is 3.54. The smallest absolute Gasteiger partial charge is 0.240 e. The van der Waals surface area contributed by atoms with E-state index in [-0.39, 0.29) is 16.8 Å². The molecule has 7 heteroatoms. The van der Waals surface area contributed by atoms with Crippen LogP contribution in [0.2, 0.25) is 0 Å². The number of carbonyl (C=O) groups excluding carboxylic acids is 1. The summed E-state index contributed by atoms with van der Waals surface area (Å²) in [6, 6.07) is 6.18. The summed E-state index contributed by atoms with van der Waals surface area (Å²) in [5.41, 5.74) is 5.92. The predicted molar refractivity (Wildman–Crippen MR) is 97.3 cm³/mol. The minimum Gasteiger partial charge on any atom is -0.330 e. The zero-order valence-corrected chi connectivity index (χ0v) is 15.4. The molecule has 0 aliphatic heterocycles. The lowest BCUT2D eigenvalue weighted by atomic mass is 10.1. The summed E-state index contributed by atoms with van der Waals surface area (Å²) in [4.78, 5) is 12.1. The second kappa shape index (κ2) is 10.4. The topological polar surface area (TPSA) is 101 Å². The summed E-state index contributed by atoms with van der Waals surface area (Å²) in [5.74, 6) is -0.104. The van der Waals surface area contributed by atoms with Gasteiger partial charge in [0, 0.05) is 18.2 Å². The summed E-state index contributed by atoms with van der Waals surface area (Å²) in [6.07, 6.45) is 4.91. The molecule has 0 spiro atoms. The van der Waals surface area contributed by atoms with Crippen LogP contribution in [0, 0.1) is 0 Å². The van der Waals surface area contributed by atoms with E-state index in [0.717, 1.165) is 25.7 Å². The first kappa shape index (κ1) is 20.6. The van der Waals surface area contributed by atoms with Crippen molar-refractivity contribution in [2.75, 3.05) is 11.9 Å². The number of rotatable bonds is 11. The van der Waals surface area contributed by atoms with Crippen LogP contribution < -0.4 is 15.8 Å². The quantitative estimate of drug-likeness (QED) is 0.531. The van der Waals surface area contributed by atoms with Crippen molar-refractivity contribution in [2.24, 2.45) is 5.73 Å². The highest BCUT2D eigenvalue weighted by molar-refractivity contribution is 7.89. The molecule has 6 nitrogen and oxygen atoms in total. The number of hydrogen-bond donors (Lipinski definition) is 3. The molecule has 1 aromatic rings. The van der Waals surface area contributed by atoms with E-state index in [1.54, 1.807) is 12.1 Å². The minimum absolute atomic E-state index is 0.104. The highest BCUT2D eigenvalue weighted by atomic mass is 32.2. The van der Waals surface area contributed by atoms with Gasteiger partial charge in [-0.3, -0.25) is 4.79 Å². The van der Waals surface area contributed by atoms with Crippen LogP contribution in [0.1, 0.15) is 52.4 Å². The van der Waals surface area contributed by atoms with Gasteiger partial charge in [-0.05, 0) is 50.9 Å². The van der Waals surface area contributed by atoms with Crippen molar-refractivity contribution in [3.8, 4) is 0 Å². The number of sulfonamides is 1. The van der Waals surface area contributed by atoms with Crippen LogP contribution in [0.25, 0.3) is 0 Å². The first-order valence-corrected chi connectivity index (χ1v) is 9.99. The second-order valence-corrected chi connectivity index (χ2v) is 7.67. The van der Waals surface area contributed by atoms with Gasteiger partial charge in [0.1, 0.15) is 0 Å². The van der Waals surface area contributed by atoms with Gasteiger partial charge in [0.05, 0.1) is 4.90 Å². The Balaban J connectivity index is 2.60. The number of nitrogens with two attached hydrogens (primary N) is 1. The second-order valence-electron chi connectivity index (χ2n) is 5.96. The van der Waals surface area contributed by atoms with Crippen molar-refractivity contribution in [3.05, 3.63) is 24.3 Å². The van der Waals surface area contributed by atoms with E-state index in [1.807, 2.05) is 13.8 Å². The molecule has 0 fully saturated rings. The van der Waals surface area contributed by atoms with Crippen molar-refractivity contribution >= 4 is 21.6 Å². The Kier molecular flexibility index (Phi) is 8.95. The van der Waals surface area contributed by atoms with Crippen LogP contribution >= 0.6 is 0 Å². The normalized spacial score (nSPS) is 12.8. The number of benzene rings is 1. The van der Waals surface area contributed by atoms with Crippen molar-refractivity contribution in [1.29, 1.82) is 0 Å². The van der Waals surface area contributed by atoms with Crippen molar-refractivity contribution in [3.63, 3.8) is 0 Å². The molecular weight excluding hydrogens is 326 g/mol. The number of hydrogen-bond acceptors (Lipinski definition) is 4. The molecule has 0 aliphatic carbocycles. The number of anilines is 1. The van der Waals surface area contributed by atoms with Crippen LogP contribution in [0.4, 0.5) is 5.69 Å². The summed E-state index contributed by atoms with van der Waals surface area (Å²) >= 11 is 0. The van der Waals surface area contributed by atoms with E-state index in [2.05, 4.69) is 10.0 Å². The van der Waals surface area contributed by atoms with Crippen LogP contribution in [-0.2, 0) is 14.8 Å². The average Bonchev–Trinajstić information content (AvgIpc) is 2.54. The summed E-state index contributed by atoms with van der Waals surface area (Å²) in [7, 11) is -3.57. The summed E-state index contributed by atoms with van der Waals surface area (Å²) in [5, 5.41) is 2.76. The minimum atomic E-state index is -3.57. The first-order chi connectivity index (χ1) is 11.4. The molecule has 1 unspecified atom stereocenters. The van der Waals surface area contributed by atoms with Gasteiger partial charge in [-0.2, -0.15) is 0 Å². The van der Waals surface area contributed by atoms with Crippen molar-refractivity contribution in [1.82, 2.24) is 4.72 Å². The average molecular weight is 356 g/mol. The maximum absolute atomic E-state index is 12.3. The van der Waals surface area contributed by atoms with Crippen LogP contribution in [0.5, 0.6) is 0 Å². The Morgan fingerprint density at radius 1 is 1.21 bits per heavy atom. The Bertz CT molecular complexity index is 617. The molecule has 1 aromatic carbocycles. The third kappa shape index (κ3) is 7.42. The van der Waals surface area contributed by atoms with Crippen molar-refractivity contribution in [2.45, 2.75) is 63.3 Å². The van der Waals surface area contributed by atoms with Gasteiger partial charge in [0.15, 0.2) is 0 Å². The maximum Gasteiger partial charge on any atom is 0.240 e. The number of amides is 1. The lowest BCUT2D eigenvalue weighted by Crippen LogP contribution is -2.32.